The highest BCUT2D eigenvalue weighted by molar-refractivity contribution is 9.10. The van der Waals surface area contributed by atoms with Gasteiger partial charge in [-0.1, -0.05) is 63.6 Å². The predicted octanol–water partition coefficient (Wildman–Crippen LogP) is 7.98. The summed E-state index contributed by atoms with van der Waals surface area (Å²) >= 11 is 4.83. The van der Waals surface area contributed by atoms with Crippen LogP contribution in [0.15, 0.2) is 105 Å². The van der Waals surface area contributed by atoms with Crippen molar-refractivity contribution in [2.45, 2.75) is 20.4 Å². The molecule has 0 spiro atoms. The smallest absolute Gasteiger partial charge is 0.344 e. The summed E-state index contributed by atoms with van der Waals surface area (Å²) in [5.41, 5.74) is 3.89. The van der Waals surface area contributed by atoms with Gasteiger partial charge in [0, 0.05) is 27.1 Å². The van der Waals surface area contributed by atoms with Crippen LogP contribution < -0.4 is 4.74 Å². The molecule has 0 unspecified atom stereocenters. The van der Waals surface area contributed by atoms with Crippen molar-refractivity contribution in [1.82, 2.24) is 4.57 Å². The lowest BCUT2D eigenvalue weighted by atomic mass is 10.1. The van der Waals surface area contributed by atoms with Gasteiger partial charge in [-0.25, -0.2) is 9.79 Å². The molecule has 2 heterocycles. The highest BCUT2D eigenvalue weighted by Crippen LogP contribution is 2.41. The third kappa shape index (κ3) is 6.13. The van der Waals surface area contributed by atoms with Gasteiger partial charge in [0.15, 0.2) is 0 Å². The van der Waals surface area contributed by atoms with Crippen LogP contribution in [0.3, 0.4) is 0 Å². The van der Waals surface area contributed by atoms with E-state index in [4.69, 9.17) is 9.47 Å². The van der Waals surface area contributed by atoms with E-state index in [1.807, 2.05) is 85.9 Å². The van der Waals surface area contributed by atoms with E-state index in [1.165, 1.54) is 17.3 Å². The average molecular weight is 604 g/mol. The third-order valence-corrected chi connectivity index (χ3v) is 7.65. The first-order chi connectivity index (χ1) is 18.9. The molecule has 1 N–H and O–H groups in total. The minimum Gasteiger partial charge on any atom is -0.506 e. The number of benzene rings is 3. The van der Waals surface area contributed by atoms with Gasteiger partial charge in [0.25, 0.3) is 0 Å². The summed E-state index contributed by atoms with van der Waals surface area (Å²) in [6.45, 7) is 5.12. The van der Waals surface area contributed by atoms with Crippen molar-refractivity contribution in [2.75, 3.05) is 13.2 Å². The first-order valence-electron chi connectivity index (χ1n) is 12.5. The molecular formula is C31H27BrN2O4S. The van der Waals surface area contributed by atoms with E-state index in [-0.39, 0.29) is 17.9 Å². The number of hydrogen-bond acceptors (Lipinski definition) is 6. The number of aliphatic hydroxyl groups is 1. The highest BCUT2D eigenvalue weighted by Gasteiger charge is 2.33. The number of halogens is 1. The van der Waals surface area contributed by atoms with Gasteiger partial charge in [0.05, 0.1) is 23.7 Å². The van der Waals surface area contributed by atoms with E-state index < -0.39 is 5.97 Å². The van der Waals surface area contributed by atoms with Crippen molar-refractivity contribution in [3.05, 3.63) is 111 Å². The number of esters is 1. The van der Waals surface area contributed by atoms with Crippen LogP contribution >= 0.6 is 27.7 Å². The summed E-state index contributed by atoms with van der Waals surface area (Å²) in [7, 11) is 0. The van der Waals surface area contributed by atoms with Crippen LogP contribution in [0.4, 0.5) is 5.69 Å². The van der Waals surface area contributed by atoms with E-state index >= 15 is 0 Å². The van der Waals surface area contributed by atoms with Crippen molar-refractivity contribution < 1.29 is 19.4 Å². The number of aliphatic imine (C=N–C) groups is 1. The number of para-hydroxylation sites is 1. The minimum atomic E-state index is -0.598. The van der Waals surface area contributed by atoms with Crippen LogP contribution in [0.1, 0.15) is 18.1 Å². The van der Waals surface area contributed by atoms with Gasteiger partial charge < -0.3 is 19.1 Å². The maximum Gasteiger partial charge on any atom is 0.344 e. The Bertz CT molecular complexity index is 1610. The van der Waals surface area contributed by atoms with Crippen molar-refractivity contribution in [1.29, 1.82) is 0 Å². The normalized spacial score (nSPS) is 15.5. The van der Waals surface area contributed by atoms with Gasteiger partial charge in [0.1, 0.15) is 28.7 Å². The Morgan fingerprint density at radius 1 is 1.10 bits per heavy atom. The van der Waals surface area contributed by atoms with Crippen LogP contribution in [0.25, 0.3) is 17.0 Å². The Balaban J connectivity index is 1.49. The fourth-order valence-electron chi connectivity index (χ4n) is 4.25. The summed E-state index contributed by atoms with van der Waals surface area (Å²) in [5.74, 6) is 0.0991. The molecule has 6 nitrogen and oxygen atoms in total. The first kappa shape index (κ1) is 26.8. The molecule has 1 aliphatic heterocycles. The lowest BCUT2D eigenvalue weighted by Crippen LogP contribution is -2.12. The van der Waals surface area contributed by atoms with Gasteiger partial charge in [-0.05, 0) is 62.4 Å². The zero-order chi connectivity index (χ0) is 27.4. The SMILES string of the molecule is CCOC(=O)C1=C(O)/C(=C/c2cn(CCOc3ccc(C)cc3)c3ccc(Br)cc23)SC1=Nc1ccccc1. The molecule has 8 heteroatoms. The molecule has 0 saturated heterocycles. The Hall–Kier alpha value is -3.75. The van der Waals surface area contributed by atoms with Crippen molar-refractivity contribution in [3.63, 3.8) is 0 Å². The lowest BCUT2D eigenvalue weighted by Gasteiger charge is -2.08. The number of nitrogens with zero attached hydrogens (tertiary/aromatic N) is 2. The van der Waals surface area contributed by atoms with Crippen molar-refractivity contribution in [2.24, 2.45) is 4.99 Å². The van der Waals surface area contributed by atoms with Crippen LogP contribution in [-0.4, -0.2) is 33.9 Å². The Morgan fingerprint density at radius 3 is 2.62 bits per heavy atom. The zero-order valence-corrected chi connectivity index (χ0v) is 24.0. The van der Waals surface area contributed by atoms with Crippen LogP contribution in [-0.2, 0) is 16.1 Å². The predicted molar refractivity (Wildman–Crippen MR) is 162 cm³/mol. The molecule has 4 aromatic rings. The highest BCUT2D eigenvalue weighted by atomic mass is 79.9. The third-order valence-electron chi connectivity index (χ3n) is 6.14. The van der Waals surface area contributed by atoms with E-state index in [0.717, 1.165) is 26.7 Å². The molecule has 0 saturated carbocycles. The number of rotatable bonds is 8. The minimum absolute atomic E-state index is 0.0772. The maximum atomic E-state index is 12.8. The Morgan fingerprint density at radius 2 is 1.87 bits per heavy atom. The molecule has 1 aliphatic rings. The number of ether oxygens (including phenoxy) is 2. The standard InChI is InChI=1S/C31H27BrN2O4S/c1-3-37-31(36)28-29(35)27(39-30(28)33-23-7-5-4-6-8-23)17-21-19-34(26-14-11-22(32)18-25(21)26)15-16-38-24-12-9-20(2)10-13-24/h4-14,17-19,35H,3,15-16H2,1-2H3/b27-17-,33-30?. The summed E-state index contributed by atoms with van der Waals surface area (Å²) in [5, 5.41) is 12.6. The van der Waals surface area contributed by atoms with Gasteiger partial charge in [-0.2, -0.15) is 0 Å². The fourth-order valence-corrected chi connectivity index (χ4v) is 5.63. The number of aromatic nitrogens is 1. The van der Waals surface area contributed by atoms with Gasteiger partial charge in [0.2, 0.25) is 0 Å². The molecule has 198 valence electrons. The Kier molecular flexibility index (Phi) is 8.24. The topological polar surface area (TPSA) is 73.0 Å². The van der Waals surface area contributed by atoms with Gasteiger partial charge in [-0.3, -0.25) is 0 Å². The summed E-state index contributed by atoms with van der Waals surface area (Å²) < 4.78 is 14.3. The van der Waals surface area contributed by atoms with E-state index in [1.54, 1.807) is 6.92 Å². The Labute approximate surface area is 239 Å². The number of thioether (sulfide) groups is 1. The van der Waals surface area contributed by atoms with Gasteiger partial charge >= 0.3 is 5.97 Å². The number of aliphatic hydroxyl groups excluding tert-OH is 1. The molecule has 3 aromatic carbocycles. The second-order valence-corrected chi connectivity index (χ2v) is 10.9. The second kappa shape index (κ2) is 12.0. The number of hydrogen-bond donors (Lipinski definition) is 1. The zero-order valence-electron chi connectivity index (χ0n) is 21.6. The second-order valence-electron chi connectivity index (χ2n) is 8.91. The van der Waals surface area contributed by atoms with Crippen LogP contribution in [0.2, 0.25) is 0 Å². The molecule has 0 bridgehead atoms. The molecule has 5 rings (SSSR count). The molecule has 0 atom stereocenters. The summed E-state index contributed by atoms with van der Waals surface area (Å²) in [6.07, 6.45) is 3.92. The van der Waals surface area contributed by atoms with Crippen LogP contribution in [0, 0.1) is 6.92 Å². The molecule has 39 heavy (non-hydrogen) atoms. The summed E-state index contributed by atoms with van der Waals surface area (Å²) in [6, 6.07) is 23.4. The molecular weight excluding hydrogens is 576 g/mol. The van der Waals surface area contributed by atoms with E-state index in [2.05, 4.69) is 31.6 Å². The monoisotopic (exact) mass is 602 g/mol. The van der Waals surface area contributed by atoms with E-state index in [0.29, 0.717) is 28.8 Å². The number of carbonyl (C=O) groups is 1. The van der Waals surface area contributed by atoms with Crippen LogP contribution in [0.5, 0.6) is 5.75 Å². The fraction of sp³-hybridized carbons (Fsp3) is 0.161. The quantitative estimate of drug-likeness (QED) is 0.207. The molecule has 1 aromatic heterocycles. The number of aryl methyl sites for hydroxylation is 1. The number of carbonyl (C=O) groups excluding carboxylic acids is 1. The van der Waals surface area contributed by atoms with Crippen molar-refractivity contribution in [3.8, 4) is 5.75 Å². The molecule has 0 amide bonds. The van der Waals surface area contributed by atoms with Crippen molar-refractivity contribution >= 4 is 61.4 Å². The van der Waals surface area contributed by atoms with E-state index in [9.17, 15) is 9.90 Å². The summed E-state index contributed by atoms with van der Waals surface area (Å²) in [4.78, 5) is 17.9. The molecule has 0 aliphatic carbocycles. The molecule has 0 radical (unpaired) electrons. The first-order valence-corrected chi connectivity index (χ1v) is 14.2. The van der Waals surface area contributed by atoms with Gasteiger partial charge in [-0.15, -0.1) is 0 Å². The average Bonchev–Trinajstić information content (AvgIpc) is 3.42. The lowest BCUT2D eigenvalue weighted by molar-refractivity contribution is -0.138. The largest absolute Gasteiger partial charge is 0.506 e. The maximum absolute atomic E-state index is 12.8. The number of fused-ring (bicyclic) bond motifs is 1. The molecule has 0 fully saturated rings.